The molecule has 1 aliphatic heterocycles. The summed E-state index contributed by atoms with van der Waals surface area (Å²) >= 11 is 13.4. The molecule has 1 saturated heterocycles. The van der Waals surface area contributed by atoms with Gasteiger partial charge in [-0.3, -0.25) is 9.69 Å². The first kappa shape index (κ1) is 17.7. The maximum atomic E-state index is 12.2. The van der Waals surface area contributed by atoms with Gasteiger partial charge in [-0.05, 0) is 43.6 Å². The van der Waals surface area contributed by atoms with Gasteiger partial charge in [0.25, 0.3) is 0 Å². The summed E-state index contributed by atoms with van der Waals surface area (Å²) in [7, 11) is 0. The number of piperidine rings is 1. The van der Waals surface area contributed by atoms with Crippen molar-refractivity contribution in [3.63, 3.8) is 0 Å². The van der Waals surface area contributed by atoms with Gasteiger partial charge in [-0.1, -0.05) is 35.7 Å². The molecule has 0 bridgehead atoms. The Morgan fingerprint density at radius 1 is 1.25 bits per heavy atom. The number of hydrogen-bond acceptors (Lipinski definition) is 4. The molecule has 0 aliphatic carbocycles. The average molecular weight is 384 g/mol. The van der Waals surface area contributed by atoms with Crippen LogP contribution in [0.1, 0.15) is 30.5 Å². The third-order valence-corrected chi connectivity index (χ3v) is 5.39. The Hall–Kier alpha value is -1.14. The number of amides is 1. The third-order valence-electron chi connectivity index (χ3n) is 4.00. The molecule has 0 atom stereocenters. The molecule has 1 aromatic carbocycles. The van der Waals surface area contributed by atoms with Gasteiger partial charge in [-0.25, -0.2) is 4.98 Å². The standard InChI is InChI=1S/C17H19Cl2N3OS/c18-13-5-4-12(15(19)9-13)8-16(23)21-17-20-14(11-24-17)10-22-6-2-1-3-7-22/h4-5,9,11H,1-3,6-8,10H2,(H,20,21,23). The monoisotopic (exact) mass is 383 g/mol. The summed E-state index contributed by atoms with van der Waals surface area (Å²) in [6.45, 7) is 3.12. The van der Waals surface area contributed by atoms with Gasteiger partial charge in [0, 0.05) is 22.0 Å². The fourth-order valence-corrected chi connectivity index (χ4v) is 3.98. The van der Waals surface area contributed by atoms with E-state index in [1.807, 2.05) is 5.38 Å². The van der Waals surface area contributed by atoms with Crippen molar-refractivity contribution in [3.05, 3.63) is 44.9 Å². The highest BCUT2D eigenvalue weighted by atomic mass is 35.5. The number of carbonyl (C=O) groups is 1. The molecule has 24 heavy (non-hydrogen) atoms. The molecular weight excluding hydrogens is 365 g/mol. The number of thiazole rings is 1. The molecule has 0 radical (unpaired) electrons. The lowest BCUT2D eigenvalue weighted by atomic mass is 10.1. The molecule has 2 heterocycles. The molecule has 2 aromatic rings. The van der Waals surface area contributed by atoms with E-state index >= 15 is 0 Å². The number of hydrogen-bond donors (Lipinski definition) is 1. The van der Waals surface area contributed by atoms with Crippen molar-refractivity contribution in [1.29, 1.82) is 0 Å². The Kier molecular flexibility index (Phi) is 6.11. The van der Waals surface area contributed by atoms with Crippen LogP contribution in [0, 0.1) is 0 Å². The van der Waals surface area contributed by atoms with Crippen LogP contribution in [0.4, 0.5) is 5.13 Å². The number of benzene rings is 1. The smallest absolute Gasteiger partial charge is 0.230 e. The maximum Gasteiger partial charge on any atom is 0.230 e. The summed E-state index contributed by atoms with van der Waals surface area (Å²) in [5, 5.41) is 6.56. The predicted octanol–water partition coefficient (Wildman–Crippen LogP) is 4.62. The summed E-state index contributed by atoms with van der Waals surface area (Å²) in [6.07, 6.45) is 4.05. The van der Waals surface area contributed by atoms with E-state index in [-0.39, 0.29) is 12.3 Å². The van der Waals surface area contributed by atoms with Crippen LogP contribution in [0.3, 0.4) is 0 Å². The molecule has 4 nitrogen and oxygen atoms in total. The van der Waals surface area contributed by atoms with Gasteiger partial charge in [0.1, 0.15) is 0 Å². The van der Waals surface area contributed by atoms with Crippen LogP contribution in [-0.2, 0) is 17.8 Å². The normalized spacial score (nSPS) is 15.4. The van der Waals surface area contributed by atoms with Crippen LogP contribution >= 0.6 is 34.5 Å². The van der Waals surface area contributed by atoms with Gasteiger partial charge in [-0.2, -0.15) is 0 Å². The number of likely N-dealkylation sites (tertiary alicyclic amines) is 1. The van der Waals surface area contributed by atoms with Gasteiger partial charge in [0.05, 0.1) is 12.1 Å². The van der Waals surface area contributed by atoms with Crippen molar-refractivity contribution in [3.8, 4) is 0 Å². The van der Waals surface area contributed by atoms with Crippen LogP contribution in [-0.4, -0.2) is 28.9 Å². The fraction of sp³-hybridized carbons (Fsp3) is 0.412. The van der Waals surface area contributed by atoms with E-state index in [2.05, 4.69) is 15.2 Å². The lowest BCUT2D eigenvalue weighted by Gasteiger charge is -2.25. The van der Waals surface area contributed by atoms with Crippen LogP contribution in [0.5, 0.6) is 0 Å². The van der Waals surface area contributed by atoms with E-state index in [4.69, 9.17) is 23.2 Å². The van der Waals surface area contributed by atoms with Gasteiger partial charge >= 0.3 is 0 Å². The lowest BCUT2D eigenvalue weighted by molar-refractivity contribution is -0.115. The zero-order valence-corrected chi connectivity index (χ0v) is 15.6. The minimum Gasteiger partial charge on any atom is -0.302 e. The van der Waals surface area contributed by atoms with Crippen molar-refractivity contribution >= 4 is 45.6 Å². The summed E-state index contributed by atoms with van der Waals surface area (Å²) in [5.41, 5.74) is 1.77. The predicted molar refractivity (Wildman–Crippen MR) is 100 cm³/mol. The number of aromatic nitrogens is 1. The molecule has 1 N–H and O–H groups in total. The molecule has 128 valence electrons. The topological polar surface area (TPSA) is 45.2 Å². The number of halogens is 2. The van der Waals surface area contributed by atoms with Crippen LogP contribution in [0.15, 0.2) is 23.6 Å². The molecule has 1 fully saturated rings. The van der Waals surface area contributed by atoms with E-state index in [1.165, 1.54) is 30.6 Å². The number of nitrogens with zero attached hydrogens (tertiary/aromatic N) is 2. The first-order chi connectivity index (χ1) is 11.6. The molecule has 1 aliphatic rings. The van der Waals surface area contributed by atoms with Crippen molar-refractivity contribution in [2.45, 2.75) is 32.2 Å². The minimum absolute atomic E-state index is 0.127. The summed E-state index contributed by atoms with van der Waals surface area (Å²) in [6, 6.07) is 5.15. The summed E-state index contributed by atoms with van der Waals surface area (Å²) in [5.74, 6) is -0.127. The fourth-order valence-electron chi connectivity index (χ4n) is 2.79. The highest BCUT2D eigenvalue weighted by Crippen LogP contribution is 2.23. The molecule has 7 heteroatoms. The van der Waals surface area contributed by atoms with E-state index in [9.17, 15) is 4.79 Å². The van der Waals surface area contributed by atoms with Crippen molar-refractivity contribution in [1.82, 2.24) is 9.88 Å². The minimum atomic E-state index is -0.127. The van der Waals surface area contributed by atoms with Crippen molar-refractivity contribution in [2.24, 2.45) is 0 Å². The van der Waals surface area contributed by atoms with Crippen LogP contribution in [0.25, 0.3) is 0 Å². The zero-order chi connectivity index (χ0) is 16.9. The molecule has 3 rings (SSSR count). The molecule has 1 aromatic heterocycles. The molecule has 0 saturated carbocycles. The van der Waals surface area contributed by atoms with E-state index < -0.39 is 0 Å². The summed E-state index contributed by atoms with van der Waals surface area (Å²) < 4.78 is 0. The SMILES string of the molecule is O=C(Cc1ccc(Cl)cc1Cl)Nc1nc(CN2CCCCC2)cs1. The first-order valence-corrected chi connectivity index (χ1v) is 9.64. The number of carbonyl (C=O) groups excluding carboxylic acids is 1. The van der Waals surface area contributed by atoms with Gasteiger partial charge < -0.3 is 5.32 Å². The Morgan fingerprint density at radius 3 is 2.79 bits per heavy atom. The highest BCUT2D eigenvalue weighted by molar-refractivity contribution is 7.13. The maximum absolute atomic E-state index is 12.2. The van der Waals surface area contributed by atoms with Gasteiger partial charge in [-0.15, -0.1) is 11.3 Å². The van der Waals surface area contributed by atoms with Gasteiger partial charge in [0.2, 0.25) is 5.91 Å². The second-order valence-electron chi connectivity index (χ2n) is 5.94. The molecular formula is C17H19Cl2N3OS. The average Bonchev–Trinajstić information content (AvgIpc) is 2.98. The van der Waals surface area contributed by atoms with Gasteiger partial charge in [0.15, 0.2) is 5.13 Å². The molecule has 0 unspecified atom stereocenters. The van der Waals surface area contributed by atoms with Crippen LogP contribution in [0.2, 0.25) is 10.0 Å². The Balaban J connectivity index is 1.54. The molecule has 0 spiro atoms. The number of anilines is 1. The summed E-state index contributed by atoms with van der Waals surface area (Å²) in [4.78, 5) is 19.1. The second-order valence-corrected chi connectivity index (χ2v) is 7.64. The quantitative estimate of drug-likeness (QED) is 0.819. The van der Waals surface area contributed by atoms with Crippen LogP contribution < -0.4 is 5.32 Å². The third kappa shape index (κ3) is 4.93. The van der Waals surface area contributed by atoms with Crippen molar-refractivity contribution < 1.29 is 4.79 Å². The zero-order valence-electron chi connectivity index (χ0n) is 13.2. The Morgan fingerprint density at radius 2 is 2.04 bits per heavy atom. The van der Waals surface area contributed by atoms with E-state index in [0.717, 1.165) is 30.9 Å². The Bertz CT molecular complexity index is 714. The first-order valence-electron chi connectivity index (χ1n) is 8.01. The largest absolute Gasteiger partial charge is 0.302 e. The van der Waals surface area contributed by atoms with E-state index in [0.29, 0.717) is 15.2 Å². The molecule has 1 amide bonds. The van der Waals surface area contributed by atoms with E-state index in [1.54, 1.807) is 18.2 Å². The Labute approximate surface area is 155 Å². The lowest BCUT2D eigenvalue weighted by Crippen LogP contribution is -2.29. The second kappa shape index (κ2) is 8.30. The number of rotatable bonds is 5. The number of nitrogens with one attached hydrogen (secondary N) is 1. The highest BCUT2D eigenvalue weighted by Gasteiger charge is 2.14. The van der Waals surface area contributed by atoms with Crippen molar-refractivity contribution in [2.75, 3.05) is 18.4 Å².